The molecule has 164 valence electrons. The van der Waals surface area contributed by atoms with E-state index in [1.807, 2.05) is 6.92 Å². The van der Waals surface area contributed by atoms with Crippen LogP contribution in [0.2, 0.25) is 0 Å². The summed E-state index contributed by atoms with van der Waals surface area (Å²) < 4.78 is 6.80. The van der Waals surface area contributed by atoms with Crippen molar-refractivity contribution >= 4 is 39.1 Å². The van der Waals surface area contributed by atoms with Crippen molar-refractivity contribution in [2.24, 2.45) is 0 Å². The highest BCUT2D eigenvalue weighted by atomic mass is 32.1. The molecule has 0 saturated carbocycles. The zero-order valence-corrected chi connectivity index (χ0v) is 18.8. The number of carbonyl (C=O) groups is 2. The molecular weight excluding hydrogens is 416 g/mol. The van der Waals surface area contributed by atoms with Crippen LogP contribution in [-0.4, -0.2) is 33.2 Å². The summed E-state index contributed by atoms with van der Waals surface area (Å²) in [5.41, 5.74) is 0.450. The van der Waals surface area contributed by atoms with E-state index in [4.69, 9.17) is 4.74 Å². The lowest BCUT2D eigenvalue weighted by atomic mass is 10.1. The van der Waals surface area contributed by atoms with Gasteiger partial charge in [0, 0.05) is 30.8 Å². The minimum Gasteiger partial charge on any atom is -0.454 e. The third kappa shape index (κ3) is 5.16. The summed E-state index contributed by atoms with van der Waals surface area (Å²) in [6.45, 7) is 6.35. The molecule has 2 aromatic heterocycles. The SMILES string of the molecule is CCCCCn1nc(C(=O)OCc2csc(N(CC)C(C)=O)n2)c2ccccc2c1=O. The number of aryl methyl sites for hydroxylation is 1. The smallest absolute Gasteiger partial charge is 0.359 e. The van der Waals surface area contributed by atoms with Gasteiger partial charge >= 0.3 is 5.97 Å². The van der Waals surface area contributed by atoms with Crippen molar-refractivity contribution in [1.82, 2.24) is 14.8 Å². The second kappa shape index (κ2) is 10.3. The fourth-order valence-corrected chi connectivity index (χ4v) is 4.15. The molecule has 3 rings (SSSR count). The van der Waals surface area contributed by atoms with Gasteiger partial charge in [-0.25, -0.2) is 14.5 Å². The number of thiazole rings is 1. The summed E-state index contributed by atoms with van der Waals surface area (Å²) in [7, 11) is 0. The van der Waals surface area contributed by atoms with Crippen molar-refractivity contribution in [2.45, 2.75) is 53.2 Å². The molecule has 0 N–H and O–H groups in total. The molecule has 1 amide bonds. The zero-order chi connectivity index (χ0) is 22.4. The number of nitrogens with zero attached hydrogens (tertiary/aromatic N) is 4. The van der Waals surface area contributed by atoms with Gasteiger partial charge in [-0.05, 0) is 19.4 Å². The summed E-state index contributed by atoms with van der Waals surface area (Å²) in [6.07, 6.45) is 2.80. The van der Waals surface area contributed by atoms with Gasteiger partial charge in [0.1, 0.15) is 6.61 Å². The van der Waals surface area contributed by atoms with Crippen LogP contribution < -0.4 is 10.5 Å². The molecule has 31 heavy (non-hydrogen) atoms. The second-order valence-corrected chi connectivity index (χ2v) is 7.93. The lowest BCUT2D eigenvalue weighted by Crippen LogP contribution is -2.27. The minimum atomic E-state index is -0.617. The molecule has 0 bridgehead atoms. The molecule has 0 unspecified atom stereocenters. The maximum Gasteiger partial charge on any atom is 0.359 e. The molecule has 0 aliphatic carbocycles. The Bertz CT molecular complexity index is 1140. The molecule has 0 atom stereocenters. The highest BCUT2D eigenvalue weighted by molar-refractivity contribution is 7.14. The van der Waals surface area contributed by atoms with Crippen molar-refractivity contribution in [2.75, 3.05) is 11.4 Å². The van der Waals surface area contributed by atoms with Crippen LogP contribution in [-0.2, 0) is 22.7 Å². The Balaban J connectivity index is 1.82. The number of esters is 1. The third-order valence-electron chi connectivity index (χ3n) is 4.85. The van der Waals surface area contributed by atoms with E-state index in [2.05, 4.69) is 17.0 Å². The van der Waals surface area contributed by atoms with Crippen molar-refractivity contribution < 1.29 is 14.3 Å². The first-order valence-corrected chi connectivity index (χ1v) is 11.2. The Kier molecular flexibility index (Phi) is 7.51. The van der Waals surface area contributed by atoms with Crippen LogP contribution in [0.15, 0.2) is 34.4 Å². The molecule has 0 aliphatic rings. The molecule has 3 aromatic rings. The van der Waals surface area contributed by atoms with E-state index in [-0.39, 0.29) is 23.8 Å². The quantitative estimate of drug-likeness (QED) is 0.370. The number of hydrogen-bond donors (Lipinski definition) is 0. The largest absolute Gasteiger partial charge is 0.454 e. The number of aromatic nitrogens is 3. The Morgan fingerprint density at radius 2 is 1.90 bits per heavy atom. The third-order valence-corrected chi connectivity index (χ3v) is 5.76. The molecular formula is C22H26N4O4S. The summed E-state index contributed by atoms with van der Waals surface area (Å²) in [5, 5.41) is 7.54. The topological polar surface area (TPSA) is 94.4 Å². The first-order valence-electron chi connectivity index (χ1n) is 10.4. The van der Waals surface area contributed by atoms with E-state index in [0.717, 1.165) is 19.3 Å². The summed E-state index contributed by atoms with van der Waals surface area (Å²) in [6, 6.07) is 6.92. The molecule has 0 fully saturated rings. The van der Waals surface area contributed by atoms with Crippen molar-refractivity contribution in [3.63, 3.8) is 0 Å². The van der Waals surface area contributed by atoms with Crippen LogP contribution in [0.4, 0.5) is 5.13 Å². The number of unbranched alkanes of at least 4 members (excludes halogenated alkanes) is 2. The van der Waals surface area contributed by atoms with Crippen molar-refractivity contribution in [3.05, 3.63) is 51.4 Å². The number of ether oxygens (including phenoxy) is 1. The molecule has 0 saturated heterocycles. The van der Waals surface area contributed by atoms with E-state index >= 15 is 0 Å². The van der Waals surface area contributed by atoms with Crippen LogP contribution in [0.5, 0.6) is 0 Å². The predicted molar refractivity (Wildman–Crippen MR) is 120 cm³/mol. The van der Waals surface area contributed by atoms with Gasteiger partial charge in [0.2, 0.25) is 5.91 Å². The van der Waals surface area contributed by atoms with Gasteiger partial charge in [-0.2, -0.15) is 5.10 Å². The highest BCUT2D eigenvalue weighted by Gasteiger charge is 2.19. The molecule has 2 heterocycles. The normalized spacial score (nSPS) is 10.9. The number of benzene rings is 1. The molecule has 9 heteroatoms. The van der Waals surface area contributed by atoms with Crippen molar-refractivity contribution in [1.29, 1.82) is 0 Å². The average molecular weight is 443 g/mol. The fourth-order valence-electron chi connectivity index (χ4n) is 3.24. The standard InChI is InChI=1S/C22H26N4O4S/c1-4-6-9-12-26-20(28)18-11-8-7-10-17(18)19(24-26)21(29)30-13-16-14-31-22(23-16)25(5-2)15(3)27/h7-8,10-11,14H,4-6,9,12-13H2,1-3H3. The fraction of sp³-hybridized carbons (Fsp3) is 0.409. The molecule has 0 spiro atoms. The Morgan fingerprint density at radius 3 is 2.58 bits per heavy atom. The van der Waals surface area contributed by atoms with Gasteiger partial charge in [0.05, 0.1) is 11.1 Å². The Labute approximate surface area is 184 Å². The first-order chi connectivity index (χ1) is 15.0. The summed E-state index contributed by atoms with van der Waals surface area (Å²) in [5.74, 6) is -0.713. The van der Waals surface area contributed by atoms with Gasteiger partial charge < -0.3 is 4.74 Å². The van der Waals surface area contributed by atoms with Gasteiger partial charge in [0.25, 0.3) is 5.56 Å². The lowest BCUT2D eigenvalue weighted by Gasteiger charge is -2.14. The van der Waals surface area contributed by atoms with Crippen molar-refractivity contribution in [3.8, 4) is 0 Å². The molecule has 0 radical (unpaired) electrons. The van der Waals surface area contributed by atoms with Crippen LogP contribution in [0.1, 0.15) is 56.2 Å². The van der Waals surface area contributed by atoms with Gasteiger partial charge in [0.15, 0.2) is 10.8 Å². The van der Waals surface area contributed by atoms with Crippen LogP contribution in [0, 0.1) is 0 Å². The van der Waals surface area contributed by atoms with E-state index in [1.165, 1.54) is 22.9 Å². The number of fused-ring (bicyclic) bond motifs is 1. The average Bonchev–Trinajstić information content (AvgIpc) is 3.22. The number of amides is 1. The van der Waals surface area contributed by atoms with Gasteiger partial charge in [-0.3, -0.25) is 14.5 Å². The molecule has 1 aromatic carbocycles. The van der Waals surface area contributed by atoms with E-state index in [0.29, 0.717) is 34.7 Å². The van der Waals surface area contributed by atoms with Gasteiger partial charge in [-0.1, -0.05) is 38.0 Å². The number of rotatable bonds is 9. The first kappa shape index (κ1) is 22.6. The minimum absolute atomic E-state index is 0.0459. The van der Waals surface area contributed by atoms with E-state index in [9.17, 15) is 14.4 Å². The van der Waals surface area contributed by atoms with Gasteiger partial charge in [-0.15, -0.1) is 11.3 Å². The lowest BCUT2D eigenvalue weighted by molar-refractivity contribution is -0.116. The summed E-state index contributed by atoms with van der Waals surface area (Å²) in [4.78, 5) is 43.2. The van der Waals surface area contributed by atoms with Crippen LogP contribution >= 0.6 is 11.3 Å². The Hall–Kier alpha value is -3.07. The monoisotopic (exact) mass is 442 g/mol. The van der Waals surface area contributed by atoms with Crippen LogP contribution in [0.25, 0.3) is 10.8 Å². The zero-order valence-electron chi connectivity index (χ0n) is 18.0. The number of hydrogen-bond acceptors (Lipinski definition) is 7. The predicted octanol–water partition coefficient (Wildman–Crippen LogP) is 3.77. The van der Waals surface area contributed by atoms with E-state index < -0.39 is 5.97 Å². The second-order valence-electron chi connectivity index (χ2n) is 7.09. The maximum absolute atomic E-state index is 12.8. The number of carbonyl (C=O) groups excluding carboxylic acids is 2. The molecule has 8 nitrogen and oxygen atoms in total. The van der Waals surface area contributed by atoms with E-state index in [1.54, 1.807) is 34.5 Å². The Morgan fingerprint density at radius 1 is 1.16 bits per heavy atom. The van der Waals surface area contributed by atoms with Crippen LogP contribution in [0.3, 0.4) is 0 Å². The highest BCUT2D eigenvalue weighted by Crippen LogP contribution is 2.22. The molecule has 0 aliphatic heterocycles. The maximum atomic E-state index is 12.8. The number of anilines is 1. The summed E-state index contributed by atoms with van der Waals surface area (Å²) >= 11 is 1.32.